The molecule has 0 spiro atoms. The Balaban J connectivity index is 1.53. The average molecular weight is 400 g/mol. The van der Waals surface area contributed by atoms with Crippen LogP contribution in [0.4, 0.5) is 0 Å². The lowest BCUT2D eigenvalue weighted by Crippen LogP contribution is -2.66. The van der Waals surface area contributed by atoms with E-state index in [1.54, 1.807) is 11.1 Å². The van der Waals surface area contributed by atoms with Crippen LogP contribution in [0.15, 0.2) is 53.6 Å². The van der Waals surface area contributed by atoms with Gasteiger partial charge in [0, 0.05) is 23.0 Å². The molecule has 6 nitrogen and oxygen atoms in total. The third-order valence-electron chi connectivity index (χ3n) is 6.35. The summed E-state index contributed by atoms with van der Waals surface area (Å²) >= 11 is 0. The lowest BCUT2D eigenvalue weighted by molar-refractivity contribution is -0.163. The Morgan fingerprint density at radius 3 is 2.63 bits per heavy atom. The van der Waals surface area contributed by atoms with Crippen LogP contribution in [0, 0.1) is 6.92 Å². The van der Waals surface area contributed by atoms with Crippen molar-refractivity contribution in [3.63, 3.8) is 0 Å². The Kier molecular flexibility index (Phi) is 4.07. The number of hydrazone groups is 1. The second-order valence-corrected chi connectivity index (χ2v) is 8.56. The van der Waals surface area contributed by atoms with Gasteiger partial charge in [0.25, 0.3) is 5.91 Å². The number of carbonyl (C=O) groups excluding carboxylic acids is 2. The van der Waals surface area contributed by atoms with Crippen LogP contribution in [0.1, 0.15) is 36.2 Å². The van der Waals surface area contributed by atoms with Gasteiger partial charge in [-0.3, -0.25) is 9.59 Å². The summed E-state index contributed by atoms with van der Waals surface area (Å²) in [6.45, 7) is 5.96. The molecule has 0 radical (unpaired) electrons. The van der Waals surface area contributed by atoms with Gasteiger partial charge < -0.3 is 9.88 Å². The lowest BCUT2D eigenvalue weighted by Gasteiger charge is -2.50. The smallest absolute Gasteiger partial charge is 0.266 e. The molecule has 3 heterocycles. The van der Waals surface area contributed by atoms with Gasteiger partial charge in [-0.05, 0) is 43.5 Å². The summed E-state index contributed by atoms with van der Waals surface area (Å²) in [5.41, 5.74) is 4.56. The normalized spacial score (nSPS) is 20.7. The molecule has 0 bridgehead atoms. The number of H-pyrrole nitrogens is 1. The van der Waals surface area contributed by atoms with Crippen molar-refractivity contribution in [2.75, 3.05) is 6.54 Å². The van der Waals surface area contributed by atoms with Gasteiger partial charge in [-0.1, -0.05) is 42.5 Å². The van der Waals surface area contributed by atoms with Gasteiger partial charge in [-0.25, -0.2) is 5.01 Å². The Morgan fingerprint density at radius 2 is 1.83 bits per heavy atom. The molecule has 1 fully saturated rings. The molecule has 1 saturated heterocycles. The fourth-order valence-corrected chi connectivity index (χ4v) is 4.83. The molecule has 0 unspecified atom stereocenters. The van der Waals surface area contributed by atoms with Gasteiger partial charge in [0.15, 0.2) is 0 Å². The number of para-hydroxylation sites is 1. The number of rotatable bonds is 2. The van der Waals surface area contributed by atoms with E-state index in [-0.39, 0.29) is 18.4 Å². The minimum absolute atomic E-state index is 0.0449. The second-order valence-electron chi connectivity index (χ2n) is 8.56. The summed E-state index contributed by atoms with van der Waals surface area (Å²) in [6.07, 6.45) is 2.16. The maximum absolute atomic E-state index is 13.4. The minimum atomic E-state index is -0.601. The zero-order valence-electron chi connectivity index (χ0n) is 17.3. The van der Waals surface area contributed by atoms with E-state index in [4.69, 9.17) is 0 Å². The number of amides is 2. The second kappa shape index (κ2) is 6.55. The maximum atomic E-state index is 13.4. The van der Waals surface area contributed by atoms with Crippen LogP contribution >= 0.6 is 0 Å². The van der Waals surface area contributed by atoms with E-state index >= 15 is 0 Å². The minimum Gasteiger partial charge on any atom is -0.356 e. The molecule has 2 amide bonds. The SMILES string of the molecule is Cc1ccccc1/C=N/N1CC(=O)N2[C@@H](Cc3c([nH]c4ccccc34)C2(C)C)C1=O. The number of piperazine rings is 1. The summed E-state index contributed by atoms with van der Waals surface area (Å²) in [4.78, 5) is 31.8. The molecule has 2 aliphatic rings. The van der Waals surface area contributed by atoms with E-state index in [9.17, 15) is 9.59 Å². The zero-order valence-corrected chi connectivity index (χ0v) is 17.3. The number of carbonyl (C=O) groups is 2. The molecular formula is C24H24N4O2. The van der Waals surface area contributed by atoms with Crippen molar-refractivity contribution in [1.82, 2.24) is 14.9 Å². The Hall–Kier alpha value is -3.41. The molecule has 2 aromatic carbocycles. The highest BCUT2D eigenvalue weighted by Crippen LogP contribution is 2.42. The van der Waals surface area contributed by atoms with Crippen LogP contribution in [0.25, 0.3) is 10.9 Å². The van der Waals surface area contributed by atoms with Crippen LogP contribution in [0.5, 0.6) is 0 Å². The molecule has 1 N–H and O–H groups in total. The summed E-state index contributed by atoms with van der Waals surface area (Å²) in [6, 6.07) is 15.4. The summed E-state index contributed by atoms with van der Waals surface area (Å²) < 4.78 is 0. The van der Waals surface area contributed by atoms with Crippen molar-refractivity contribution in [2.24, 2.45) is 5.10 Å². The number of nitrogens with zero attached hydrogens (tertiary/aromatic N) is 3. The van der Waals surface area contributed by atoms with Crippen molar-refractivity contribution in [3.8, 4) is 0 Å². The number of fused-ring (bicyclic) bond motifs is 4. The fourth-order valence-electron chi connectivity index (χ4n) is 4.83. The molecule has 6 heteroatoms. The Morgan fingerprint density at radius 1 is 1.10 bits per heavy atom. The van der Waals surface area contributed by atoms with E-state index in [0.717, 1.165) is 33.3 Å². The quantitative estimate of drug-likeness (QED) is 0.671. The van der Waals surface area contributed by atoms with E-state index < -0.39 is 11.6 Å². The fraction of sp³-hybridized carbons (Fsp3) is 0.292. The van der Waals surface area contributed by atoms with Crippen molar-refractivity contribution in [2.45, 2.75) is 38.8 Å². The molecule has 0 aliphatic carbocycles. The number of aryl methyl sites for hydroxylation is 1. The summed E-state index contributed by atoms with van der Waals surface area (Å²) in [5, 5.41) is 6.83. The molecule has 30 heavy (non-hydrogen) atoms. The van der Waals surface area contributed by atoms with Gasteiger partial charge in [0.2, 0.25) is 5.91 Å². The van der Waals surface area contributed by atoms with Crippen molar-refractivity contribution < 1.29 is 9.59 Å². The highest BCUT2D eigenvalue weighted by atomic mass is 16.2. The number of hydrogen-bond acceptors (Lipinski definition) is 3. The zero-order chi connectivity index (χ0) is 21.0. The molecule has 3 aromatic rings. The molecule has 152 valence electrons. The van der Waals surface area contributed by atoms with Crippen LogP contribution in [-0.2, 0) is 21.5 Å². The number of aromatic amines is 1. The van der Waals surface area contributed by atoms with Crippen molar-refractivity contribution in [1.29, 1.82) is 0 Å². The summed E-state index contributed by atoms with van der Waals surface area (Å²) in [5.74, 6) is -0.223. The molecule has 1 aromatic heterocycles. The van der Waals surface area contributed by atoms with Crippen LogP contribution in [0.3, 0.4) is 0 Å². The summed E-state index contributed by atoms with van der Waals surface area (Å²) in [7, 11) is 0. The lowest BCUT2D eigenvalue weighted by atomic mass is 9.82. The predicted molar refractivity (Wildman–Crippen MR) is 116 cm³/mol. The first-order valence-electron chi connectivity index (χ1n) is 10.2. The Labute approximate surface area is 175 Å². The number of nitrogens with one attached hydrogen (secondary N) is 1. The number of hydrogen-bond donors (Lipinski definition) is 1. The molecular weight excluding hydrogens is 376 g/mol. The Bertz CT molecular complexity index is 1210. The van der Waals surface area contributed by atoms with Crippen molar-refractivity contribution in [3.05, 3.63) is 70.9 Å². The third-order valence-corrected chi connectivity index (χ3v) is 6.35. The topological polar surface area (TPSA) is 68.8 Å². The van der Waals surface area contributed by atoms with Crippen LogP contribution in [0.2, 0.25) is 0 Å². The third kappa shape index (κ3) is 2.67. The number of benzene rings is 2. The number of aromatic nitrogens is 1. The first kappa shape index (κ1) is 18.6. The van der Waals surface area contributed by atoms with Crippen molar-refractivity contribution >= 4 is 28.9 Å². The largest absolute Gasteiger partial charge is 0.356 e. The van der Waals surface area contributed by atoms with E-state index in [1.807, 2.05) is 63.2 Å². The molecule has 5 rings (SSSR count). The average Bonchev–Trinajstić information content (AvgIpc) is 3.10. The molecule has 0 saturated carbocycles. The van der Waals surface area contributed by atoms with E-state index in [0.29, 0.717) is 6.42 Å². The highest BCUT2D eigenvalue weighted by Gasteiger charge is 2.51. The van der Waals surface area contributed by atoms with Gasteiger partial charge in [-0.15, -0.1) is 0 Å². The van der Waals surface area contributed by atoms with Gasteiger partial charge in [-0.2, -0.15) is 5.10 Å². The van der Waals surface area contributed by atoms with Crippen LogP contribution in [-0.4, -0.2) is 45.5 Å². The monoisotopic (exact) mass is 400 g/mol. The maximum Gasteiger partial charge on any atom is 0.266 e. The first-order chi connectivity index (χ1) is 14.4. The molecule has 2 aliphatic heterocycles. The van der Waals surface area contributed by atoms with Gasteiger partial charge >= 0.3 is 0 Å². The van der Waals surface area contributed by atoms with E-state index in [2.05, 4.69) is 16.2 Å². The first-order valence-corrected chi connectivity index (χ1v) is 10.2. The predicted octanol–water partition coefficient (Wildman–Crippen LogP) is 3.34. The van der Waals surface area contributed by atoms with E-state index in [1.165, 1.54) is 5.01 Å². The highest BCUT2D eigenvalue weighted by molar-refractivity contribution is 5.98. The van der Waals surface area contributed by atoms with Gasteiger partial charge in [0.1, 0.15) is 12.6 Å². The molecule has 1 atom stereocenters. The standard InChI is InChI=1S/C24H24N4O2/c1-15-8-4-5-9-16(15)13-25-27-14-21(29)28-20(23(27)30)12-18-17-10-6-7-11-19(17)26-22(18)24(28,2)3/h4-11,13,20,26H,12,14H2,1-3H3/b25-13+/t20-/m0/s1. The van der Waals surface area contributed by atoms with Gasteiger partial charge in [0.05, 0.1) is 11.8 Å². The van der Waals surface area contributed by atoms with Crippen LogP contribution < -0.4 is 0 Å².